The molecule has 2 N–H and O–H groups in total. The van der Waals surface area contributed by atoms with Gasteiger partial charge in [0.1, 0.15) is 6.29 Å². The van der Waals surface area contributed by atoms with Crippen molar-refractivity contribution in [2.75, 3.05) is 19.8 Å². The Morgan fingerprint density at radius 1 is 1.19 bits per heavy atom. The summed E-state index contributed by atoms with van der Waals surface area (Å²) in [6.07, 6.45) is 0.689. The zero-order chi connectivity index (χ0) is 15.7. The van der Waals surface area contributed by atoms with Gasteiger partial charge >= 0.3 is 6.03 Å². The monoisotopic (exact) mass is 294 g/mol. The number of nitrogens with one attached hydrogen (secondary N) is 2. The molecule has 0 aliphatic heterocycles. The largest absolute Gasteiger partial charge is 0.490 e. The molecule has 21 heavy (non-hydrogen) atoms. The summed E-state index contributed by atoms with van der Waals surface area (Å²) in [7, 11) is 0. The van der Waals surface area contributed by atoms with Crippen LogP contribution >= 0.6 is 0 Å². The highest BCUT2D eigenvalue weighted by molar-refractivity contribution is 5.95. The maximum Gasteiger partial charge on any atom is 0.321 e. The van der Waals surface area contributed by atoms with Crippen molar-refractivity contribution in [3.05, 3.63) is 23.8 Å². The molecule has 0 heterocycles. The van der Waals surface area contributed by atoms with E-state index in [-0.39, 0.29) is 6.61 Å². The van der Waals surface area contributed by atoms with E-state index in [1.807, 2.05) is 0 Å². The third-order valence-corrected chi connectivity index (χ3v) is 2.35. The van der Waals surface area contributed by atoms with Gasteiger partial charge in [0.2, 0.25) is 0 Å². The fourth-order valence-electron chi connectivity index (χ4n) is 1.50. The van der Waals surface area contributed by atoms with Crippen LogP contribution in [0, 0.1) is 0 Å². The molecule has 1 aromatic carbocycles. The van der Waals surface area contributed by atoms with Gasteiger partial charge in [-0.2, -0.15) is 0 Å². The molecule has 0 aromatic heterocycles. The van der Waals surface area contributed by atoms with Crippen LogP contribution in [-0.4, -0.2) is 38.0 Å². The molecule has 7 nitrogen and oxygen atoms in total. The number of aldehydes is 1. The van der Waals surface area contributed by atoms with E-state index < -0.39 is 11.9 Å². The van der Waals surface area contributed by atoms with E-state index in [1.165, 1.54) is 12.1 Å². The molecule has 3 amide bonds. The predicted octanol–water partition coefficient (Wildman–Crippen LogP) is 1.12. The van der Waals surface area contributed by atoms with E-state index in [0.29, 0.717) is 36.5 Å². The van der Waals surface area contributed by atoms with Crippen molar-refractivity contribution in [2.45, 2.75) is 13.8 Å². The van der Waals surface area contributed by atoms with E-state index >= 15 is 0 Å². The van der Waals surface area contributed by atoms with Gasteiger partial charge < -0.3 is 14.8 Å². The lowest BCUT2D eigenvalue weighted by Crippen LogP contribution is -2.41. The Labute approximate surface area is 122 Å². The van der Waals surface area contributed by atoms with Gasteiger partial charge in [0.05, 0.1) is 6.61 Å². The highest BCUT2D eigenvalue weighted by Gasteiger charge is 2.11. The first kappa shape index (κ1) is 16.5. The molecule has 0 aliphatic rings. The van der Waals surface area contributed by atoms with Crippen LogP contribution in [0.4, 0.5) is 4.79 Å². The number of hydrogen-bond acceptors (Lipinski definition) is 5. The van der Waals surface area contributed by atoms with E-state index in [9.17, 15) is 14.4 Å². The Balaban J connectivity index is 2.63. The highest BCUT2D eigenvalue weighted by Crippen LogP contribution is 2.27. The first-order valence-electron chi connectivity index (χ1n) is 6.53. The molecule has 0 fully saturated rings. The van der Waals surface area contributed by atoms with E-state index in [4.69, 9.17) is 9.47 Å². The number of urea groups is 1. The minimum absolute atomic E-state index is 0.327. The molecule has 0 atom stereocenters. The van der Waals surface area contributed by atoms with Crippen molar-refractivity contribution < 1.29 is 23.9 Å². The molecule has 0 radical (unpaired) electrons. The predicted molar refractivity (Wildman–Crippen MR) is 75.7 cm³/mol. The topological polar surface area (TPSA) is 93.7 Å². The second kappa shape index (κ2) is 8.57. The minimum Gasteiger partial charge on any atom is -0.490 e. The molecule has 0 spiro atoms. The zero-order valence-electron chi connectivity index (χ0n) is 12.0. The summed E-state index contributed by atoms with van der Waals surface area (Å²) in [5.41, 5.74) is 0.442. The lowest BCUT2D eigenvalue weighted by atomic mass is 10.2. The standard InChI is InChI=1S/C14H18N2O5/c1-3-15-14(19)16-13(18)9-21-11-6-5-10(8-17)7-12(11)20-4-2/h5-8H,3-4,9H2,1-2H3,(H2,15,16,18,19). The maximum atomic E-state index is 11.5. The van der Waals surface area contributed by atoms with Crippen LogP contribution in [0.25, 0.3) is 0 Å². The average molecular weight is 294 g/mol. The van der Waals surface area contributed by atoms with Gasteiger partial charge in [-0.05, 0) is 32.0 Å². The van der Waals surface area contributed by atoms with E-state index in [1.54, 1.807) is 19.9 Å². The number of carbonyl (C=O) groups excluding carboxylic acids is 3. The first-order valence-corrected chi connectivity index (χ1v) is 6.53. The first-order chi connectivity index (χ1) is 10.1. The quantitative estimate of drug-likeness (QED) is 0.735. The van der Waals surface area contributed by atoms with Crippen molar-refractivity contribution in [1.29, 1.82) is 0 Å². The van der Waals surface area contributed by atoms with Crippen LogP contribution in [0.3, 0.4) is 0 Å². The number of ether oxygens (including phenoxy) is 2. The van der Waals surface area contributed by atoms with Gasteiger partial charge in [-0.3, -0.25) is 14.9 Å². The summed E-state index contributed by atoms with van der Waals surface area (Å²) in [6.45, 7) is 4.01. The molecule has 1 aromatic rings. The Morgan fingerprint density at radius 3 is 2.57 bits per heavy atom. The van der Waals surface area contributed by atoms with Gasteiger partial charge in [-0.25, -0.2) is 4.79 Å². The lowest BCUT2D eigenvalue weighted by Gasteiger charge is -2.12. The zero-order valence-corrected chi connectivity index (χ0v) is 12.0. The number of imide groups is 1. The number of hydrogen-bond donors (Lipinski definition) is 2. The van der Waals surface area contributed by atoms with Crippen LogP contribution in [0.5, 0.6) is 11.5 Å². The summed E-state index contributed by atoms with van der Waals surface area (Å²) in [5, 5.41) is 4.55. The average Bonchev–Trinajstić information content (AvgIpc) is 2.46. The molecule has 114 valence electrons. The fraction of sp³-hybridized carbons (Fsp3) is 0.357. The Morgan fingerprint density at radius 2 is 1.95 bits per heavy atom. The third-order valence-electron chi connectivity index (χ3n) is 2.35. The van der Waals surface area contributed by atoms with Crippen molar-refractivity contribution >= 4 is 18.2 Å². The van der Waals surface area contributed by atoms with Gasteiger partial charge in [0.15, 0.2) is 18.1 Å². The third kappa shape index (κ3) is 5.52. The van der Waals surface area contributed by atoms with Crippen LogP contribution in [0.15, 0.2) is 18.2 Å². The molecule has 0 unspecified atom stereocenters. The lowest BCUT2D eigenvalue weighted by molar-refractivity contribution is -0.122. The second-order valence-electron chi connectivity index (χ2n) is 3.95. The number of carbonyl (C=O) groups is 3. The number of benzene rings is 1. The second-order valence-corrected chi connectivity index (χ2v) is 3.95. The smallest absolute Gasteiger partial charge is 0.321 e. The molecule has 0 saturated heterocycles. The molecule has 7 heteroatoms. The SMILES string of the molecule is CCNC(=O)NC(=O)COc1ccc(C=O)cc1OCC. The normalized spacial score (nSPS) is 9.62. The van der Waals surface area contributed by atoms with Gasteiger partial charge in [-0.15, -0.1) is 0 Å². The van der Waals surface area contributed by atoms with E-state index in [0.717, 1.165) is 0 Å². The van der Waals surface area contributed by atoms with Crippen LogP contribution in [-0.2, 0) is 4.79 Å². The Bertz CT molecular complexity index is 516. The minimum atomic E-state index is -0.581. The molecule has 0 saturated carbocycles. The Kier molecular flexibility index (Phi) is 6.73. The summed E-state index contributed by atoms with van der Waals surface area (Å²) in [5.74, 6) is 0.115. The number of rotatable bonds is 7. The summed E-state index contributed by atoms with van der Waals surface area (Å²) in [6, 6.07) is 4.03. The summed E-state index contributed by atoms with van der Waals surface area (Å²) < 4.78 is 10.6. The van der Waals surface area contributed by atoms with Crippen molar-refractivity contribution in [3.63, 3.8) is 0 Å². The van der Waals surface area contributed by atoms with Crippen LogP contribution < -0.4 is 20.1 Å². The van der Waals surface area contributed by atoms with Crippen molar-refractivity contribution in [3.8, 4) is 11.5 Å². The number of amides is 3. The van der Waals surface area contributed by atoms with Gasteiger partial charge in [0, 0.05) is 12.1 Å². The molecular formula is C14H18N2O5. The maximum absolute atomic E-state index is 11.5. The van der Waals surface area contributed by atoms with E-state index in [2.05, 4.69) is 10.6 Å². The summed E-state index contributed by atoms with van der Waals surface area (Å²) in [4.78, 5) is 33.4. The molecule has 0 bridgehead atoms. The van der Waals surface area contributed by atoms with Crippen LogP contribution in [0.2, 0.25) is 0 Å². The van der Waals surface area contributed by atoms with Crippen LogP contribution in [0.1, 0.15) is 24.2 Å². The molecule has 0 aliphatic carbocycles. The van der Waals surface area contributed by atoms with Gasteiger partial charge in [-0.1, -0.05) is 0 Å². The Hall–Kier alpha value is -2.57. The van der Waals surface area contributed by atoms with Crippen molar-refractivity contribution in [1.82, 2.24) is 10.6 Å². The van der Waals surface area contributed by atoms with Crippen molar-refractivity contribution in [2.24, 2.45) is 0 Å². The highest BCUT2D eigenvalue weighted by atomic mass is 16.5. The molecular weight excluding hydrogens is 276 g/mol. The molecule has 1 rings (SSSR count). The summed E-state index contributed by atoms with van der Waals surface area (Å²) >= 11 is 0. The fourth-order valence-corrected chi connectivity index (χ4v) is 1.50. The van der Waals surface area contributed by atoms with Gasteiger partial charge in [0.25, 0.3) is 5.91 Å².